The van der Waals surface area contributed by atoms with Crippen molar-refractivity contribution in [3.05, 3.63) is 24.0 Å². The van der Waals surface area contributed by atoms with Crippen molar-refractivity contribution < 1.29 is 14.6 Å². The van der Waals surface area contributed by atoms with E-state index in [-0.39, 0.29) is 46.4 Å². The van der Waals surface area contributed by atoms with Crippen LogP contribution in [0.25, 0.3) is 0 Å². The van der Waals surface area contributed by atoms with Gasteiger partial charge in [0, 0.05) is 5.92 Å². The van der Waals surface area contributed by atoms with Gasteiger partial charge in [-0.15, -0.1) is 0 Å². The summed E-state index contributed by atoms with van der Waals surface area (Å²) in [6.45, 7) is 12.8. The Balaban J connectivity index is 2.47. The molecule has 0 saturated carbocycles. The summed E-state index contributed by atoms with van der Waals surface area (Å²) in [5.74, 6) is 0.225. The second kappa shape index (κ2) is 4.64. The van der Waals surface area contributed by atoms with Crippen LogP contribution in [0.3, 0.4) is 0 Å². The minimum atomic E-state index is -0.338. The molecule has 20 heavy (non-hydrogen) atoms. The Bertz CT molecular complexity index is 460. The highest BCUT2D eigenvalue weighted by Gasteiger charge is 2.53. The maximum atomic E-state index is 12.5. The van der Waals surface area contributed by atoms with Gasteiger partial charge in [-0.25, -0.2) is 0 Å². The monoisotopic (exact) mass is 278 g/mol. The van der Waals surface area contributed by atoms with Crippen LogP contribution in [0.1, 0.15) is 41.5 Å². The maximum absolute atomic E-state index is 12.5. The molecule has 4 atom stereocenters. The van der Waals surface area contributed by atoms with Crippen LogP contribution in [0.4, 0.5) is 0 Å². The van der Waals surface area contributed by atoms with E-state index in [0.29, 0.717) is 0 Å². The van der Waals surface area contributed by atoms with E-state index in [1.165, 1.54) is 0 Å². The molecule has 2 aliphatic rings. The minimum absolute atomic E-state index is 0.00849. The number of aliphatic hydroxyl groups excluding tert-OH is 1. The molecule has 112 valence electrons. The van der Waals surface area contributed by atoms with Gasteiger partial charge in [0.2, 0.25) is 0 Å². The van der Waals surface area contributed by atoms with Crippen LogP contribution in [0.15, 0.2) is 24.0 Å². The van der Waals surface area contributed by atoms with Gasteiger partial charge in [-0.05, 0) is 28.9 Å². The number of rotatable bonds is 0. The number of allylic oxidation sites excluding steroid dienone is 1. The summed E-state index contributed by atoms with van der Waals surface area (Å²) in [6, 6.07) is 0. The number of hydrogen-bond donors (Lipinski definition) is 1. The van der Waals surface area contributed by atoms with E-state index in [1.807, 2.05) is 6.08 Å². The number of hydrogen-bond acceptors (Lipinski definition) is 3. The number of carbonyl (C=O) groups is 1. The molecule has 1 heterocycles. The fraction of sp³-hybridized carbons (Fsp3) is 0.706. The maximum Gasteiger partial charge on any atom is 0.310 e. The van der Waals surface area contributed by atoms with Gasteiger partial charge in [0.1, 0.15) is 11.9 Å². The third kappa shape index (κ3) is 2.63. The van der Waals surface area contributed by atoms with Crippen LogP contribution >= 0.6 is 0 Å². The predicted molar refractivity (Wildman–Crippen MR) is 79.1 cm³/mol. The number of fused-ring (bicyclic) bond motifs is 1. The number of aliphatic hydroxyl groups is 1. The zero-order valence-electron chi connectivity index (χ0n) is 13.3. The van der Waals surface area contributed by atoms with Crippen LogP contribution in [-0.2, 0) is 9.53 Å². The average Bonchev–Trinajstić information content (AvgIpc) is 2.23. The van der Waals surface area contributed by atoms with E-state index >= 15 is 0 Å². The molecule has 0 bridgehead atoms. The molecule has 4 unspecified atom stereocenters. The van der Waals surface area contributed by atoms with Crippen LogP contribution in [-0.4, -0.2) is 17.2 Å². The lowest BCUT2D eigenvalue weighted by Gasteiger charge is -2.50. The van der Waals surface area contributed by atoms with Crippen molar-refractivity contribution in [1.82, 2.24) is 0 Å². The molecule has 3 nitrogen and oxygen atoms in total. The molecular formula is C17H26O3. The molecule has 0 amide bonds. The van der Waals surface area contributed by atoms with Crippen LogP contribution in [0.5, 0.6) is 0 Å². The molecule has 0 aromatic carbocycles. The van der Waals surface area contributed by atoms with Gasteiger partial charge in [0.25, 0.3) is 0 Å². The molecule has 0 radical (unpaired) electrons. The molecule has 1 N–H and O–H groups in total. The van der Waals surface area contributed by atoms with E-state index in [2.05, 4.69) is 41.5 Å². The van der Waals surface area contributed by atoms with Gasteiger partial charge in [-0.2, -0.15) is 0 Å². The summed E-state index contributed by atoms with van der Waals surface area (Å²) in [7, 11) is 0. The lowest BCUT2D eigenvalue weighted by Crippen LogP contribution is -2.53. The van der Waals surface area contributed by atoms with Crippen molar-refractivity contribution in [1.29, 1.82) is 0 Å². The third-order valence-corrected chi connectivity index (χ3v) is 4.42. The van der Waals surface area contributed by atoms with Crippen molar-refractivity contribution in [2.75, 3.05) is 0 Å². The van der Waals surface area contributed by atoms with E-state index in [1.54, 1.807) is 12.2 Å². The highest BCUT2D eigenvalue weighted by atomic mass is 16.5. The highest BCUT2D eigenvalue weighted by Crippen LogP contribution is 2.51. The number of ether oxygens (including phenoxy) is 1. The molecular weight excluding hydrogens is 252 g/mol. The molecule has 2 rings (SSSR count). The lowest BCUT2D eigenvalue weighted by molar-refractivity contribution is -0.179. The largest absolute Gasteiger partial charge is 0.508 e. The Morgan fingerprint density at radius 3 is 2.20 bits per heavy atom. The summed E-state index contributed by atoms with van der Waals surface area (Å²) in [5, 5.41) is 9.63. The van der Waals surface area contributed by atoms with E-state index in [4.69, 9.17) is 4.74 Å². The summed E-state index contributed by atoms with van der Waals surface area (Å²) in [5.41, 5.74) is -0.150. The highest BCUT2D eigenvalue weighted by molar-refractivity contribution is 5.75. The number of esters is 1. The Morgan fingerprint density at radius 1 is 1.10 bits per heavy atom. The zero-order valence-corrected chi connectivity index (χ0v) is 13.3. The Kier molecular flexibility index (Phi) is 3.52. The van der Waals surface area contributed by atoms with E-state index in [0.717, 1.165) is 0 Å². The SMILES string of the molecule is CC(C)(C)C1C(=O)OC2C=C(O)C=CC2C1C(C)(C)C. The second-order valence-electron chi connectivity index (χ2n) is 8.17. The molecule has 1 saturated heterocycles. The van der Waals surface area contributed by atoms with Crippen molar-refractivity contribution in [3.63, 3.8) is 0 Å². The molecule has 1 aliphatic heterocycles. The Labute approximate surface area is 121 Å². The van der Waals surface area contributed by atoms with Crippen LogP contribution in [0, 0.1) is 28.6 Å². The van der Waals surface area contributed by atoms with Gasteiger partial charge >= 0.3 is 5.97 Å². The first-order chi connectivity index (χ1) is 9.01. The standard InChI is InChI=1S/C17H26O3/c1-16(2,3)13-11-8-7-10(18)9-12(11)20-15(19)14(13)17(4,5)6/h7-9,11-14,18H,1-6H3. The molecule has 3 heteroatoms. The minimum Gasteiger partial charge on any atom is -0.508 e. The fourth-order valence-corrected chi connectivity index (χ4v) is 3.64. The smallest absolute Gasteiger partial charge is 0.310 e. The molecule has 0 aromatic rings. The van der Waals surface area contributed by atoms with Crippen LogP contribution in [0.2, 0.25) is 0 Å². The Hall–Kier alpha value is -1.25. The third-order valence-electron chi connectivity index (χ3n) is 4.42. The van der Waals surface area contributed by atoms with Crippen LogP contribution < -0.4 is 0 Å². The van der Waals surface area contributed by atoms with Gasteiger partial charge < -0.3 is 9.84 Å². The molecule has 1 fully saturated rings. The second-order valence-corrected chi connectivity index (χ2v) is 8.17. The van der Waals surface area contributed by atoms with Crippen molar-refractivity contribution in [3.8, 4) is 0 Å². The molecule has 0 spiro atoms. The van der Waals surface area contributed by atoms with Gasteiger partial charge in [-0.3, -0.25) is 4.79 Å². The van der Waals surface area contributed by atoms with E-state index < -0.39 is 0 Å². The Morgan fingerprint density at radius 2 is 1.70 bits per heavy atom. The molecule has 0 aromatic heterocycles. The first-order valence-electron chi connectivity index (χ1n) is 7.31. The van der Waals surface area contributed by atoms with Gasteiger partial charge in [0.05, 0.1) is 5.92 Å². The van der Waals surface area contributed by atoms with Gasteiger partial charge in [0.15, 0.2) is 0 Å². The first kappa shape index (κ1) is 15.1. The van der Waals surface area contributed by atoms with Crippen molar-refractivity contribution in [2.24, 2.45) is 28.6 Å². The lowest BCUT2D eigenvalue weighted by atomic mass is 9.57. The fourth-order valence-electron chi connectivity index (χ4n) is 3.64. The quantitative estimate of drug-likeness (QED) is 0.684. The van der Waals surface area contributed by atoms with Crippen molar-refractivity contribution in [2.45, 2.75) is 47.6 Å². The van der Waals surface area contributed by atoms with Crippen molar-refractivity contribution >= 4 is 5.97 Å². The summed E-state index contributed by atoms with van der Waals surface area (Å²) < 4.78 is 5.60. The number of carbonyl (C=O) groups excluding carboxylic acids is 1. The topological polar surface area (TPSA) is 46.5 Å². The normalized spacial score (nSPS) is 34.3. The first-order valence-corrected chi connectivity index (χ1v) is 7.31. The predicted octanol–water partition coefficient (Wildman–Crippen LogP) is 3.86. The zero-order chi connectivity index (χ0) is 15.3. The molecule has 1 aliphatic carbocycles. The summed E-state index contributed by atoms with van der Waals surface area (Å²) in [6.07, 6.45) is 5.04. The summed E-state index contributed by atoms with van der Waals surface area (Å²) in [4.78, 5) is 12.5. The summed E-state index contributed by atoms with van der Waals surface area (Å²) >= 11 is 0. The van der Waals surface area contributed by atoms with E-state index in [9.17, 15) is 9.90 Å². The van der Waals surface area contributed by atoms with Gasteiger partial charge in [-0.1, -0.05) is 47.6 Å². The average molecular weight is 278 g/mol.